The highest BCUT2D eigenvalue weighted by Gasteiger charge is 2.45. The molecule has 0 aromatic carbocycles. The third kappa shape index (κ3) is 1.79. The summed E-state index contributed by atoms with van der Waals surface area (Å²) in [6.45, 7) is 0. The van der Waals surface area contributed by atoms with Crippen LogP contribution >= 0.6 is 0 Å². The van der Waals surface area contributed by atoms with Gasteiger partial charge < -0.3 is 0 Å². The average molecular weight is 230 g/mol. The van der Waals surface area contributed by atoms with Crippen molar-refractivity contribution in [3.05, 3.63) is 11.1 Å². The minimum atomic E-state index is 1.05. The summed E-state index contributed by atoms with van der Waals surface area (Å²) in [6.07, 6.45) is 16.8. The van der Waals surface area contributed by atoms with Crippen molar-refractivity contribution >= 4 is 0 Å². The van der Waals surface area contributed by atoms with Crippen molar-refractivity contribution in [2.45, 2.75) is 70.6 Å². The van der Waals surface area contributed by atoms with Crippen LogP contribution in [0.2, 0.25) is 0 Å². The molecule has 5 aliphatic carbocycles. The largest absolute Gasteiger partial charge is 0.0704 e. The standard InChI is InChI=1S/C17H26/c1-2-4-6-14(5-3-1)17-15-8-12-7-13(10-15)11-16(17)9-12/h12-13,15-16H,1-11H2. The third-order valence-corrected chi connectivity index (χ3v) is 6.13. The molecular formula is C17H26. The van der Waals surface area contributed by atoms with Crippen LogP contribution in [-0.4, -0.2) is 0 Å². The van der Waals surface area contributed by atoms with Crippen molar-refractivity contribution in [1.29, 1.82) is 0 Å². The van der Waals surface area contributed by atoms with Crippen LogP contribution < -0.4 is 0 Å². The lowest BCUT2D eigenvalue weighted by Crippen LogP contribution is -2.40. The molecule has 0 nitrogen and oxygen atoms in total. The van der Waals surface area contributed by atoms with E-state index in [0.29, 0.717) is 0 Å². The first kappa shape index (κ1) is 10.6. The third-order valence-electron chi connectivity index (χ3n) is 6.13. The average Bonchev–Trinajstić information content (AvgIpc) is 2.56. The molecule has 5 saturated carbocycles. The Morgan fingerprint density at radius 2 is 1.12 bits per heavy atom. The van der Waals surface area contributed by atoms with E-state index >= 15 is 0 Å². The van der Waals surface area contributed by atoms with E-state index in [1.165, 1.54) is 38.5 Å². The second kappa shape index (κ2) is 4.14. The zero-order valence-corrected chi connectivity index (χ0v) is 11.1. The van der Waals surface area contributed by atoms with Crippen LogP contribution in [0.15, 0.2) is 11.1 Å². The van der Waals surface area contributed by atoms with E-state index in [2.05, 4.69) is 0 Å². The molecular weight excluding hydrogens is 204 g/mol. The first-order valence-electron chi connectivity index (χ1n) is 8.12. The molecule has 17 heavy (non-hydrogen) atoms. The van der Waals surface area contributed by atoms with E-state index in [-0.39, 0.29) is 0 Å². The molecule has 5 rings (SSSR count). The number of allylic oxidation sites excluding steroid dienone is 2. The fourth-order valence-electron chi connectivity index (χ4n) is 5.71. The molecule has 0 heterocycles. The van der Waals surface area contributed by atoms with Gasteiger partial charge in [-0.1, -0.05) is 24.0 Å². The lowest BCUT2D eigenvalue weighted by Gasteiger charge is -2.52. The van der Waals surface area contributed by atoms with E-state index in [9.17, 15) is 0 Å². The predicted octanol–water partition coefficient (Wildman–Crippen LogP) is 5.09. The van der Waals surface area contributed by atoms with Crippen molar-refractivity contribution in [2.24, 2.45) is 23.7 Å². The van der Waals surface area contributed by atoms with Crippen molar-refractivity contribution < 1.29 is 0 Å². The van der Waals surface area contributed by atoms with Crippen LogP contribution in [0.4, 0.5) is 0 Å². The zero-order chi connectivity index (χ0) is 11.2. The summed E-state index contributed by atoms with van der Waals surface area (Å²) in [5.41, 5.74) is 3.98. The van der Waals surface area contributed by atoms with Crippen LogP contribution in [0.5, 0.6) is 0 Å². The Balaban J connectivity index is 1.66. The molecule has 0 saturated heterocycles. The monoisotopic (exact) mass is 230 g/mol. The summed E-state index contributed by atoms with van der Waals surface area (Å²) in [6, 6.07) is 0. The Labute approximate surface area is 106 Å². The first-order chi connectivity index (χ1) is 8.40. The zero-order valence-electron chi connectivity index (χ0n) is 11.1. The van der Waals surface area contributed by atoms with Gasteiger partial charge in [-0.05, 0) is 81.5 Å². The predicted molar refractivity (Wildman–Crippen MR) is 71.8 cm³/mol. The van der Waals surface area contributed by atoms with Crippen LogP contribution in [-0.2, 0) is 0 Å². The molecule has 0 heteroatoms. The highest BCUT2D eigenvalue weighted by molar-refractivity contribution is 5.26. The highest BCUT2D eigenvalue weighted by Crippen LogP contribution is 2.57. The van der Waals surface area contributed by atoms with Gasteiger partial charge in [0, 0.05) is 0 Å². The Morgan fingerprint density at radius 1 is 0.588 bits per heavy atom. The Kier molecular flexibility index (Phi) is 2.59. The Bertz CT molecular complexity index is 296. The van der Waals surface area contributed by atoms with Gasteiger partial charge >= 0.3 is 0 Å². The van der Waals surface area contributed by atoms with Gasteiger partial charge in [-0.25, -0.2) is 0 Å². The van der Waals surface area contributed by atoms with Crippen LogP contribution in [0.1, 0.15) is 70.6 Å². The summed E-state index contributed by atoms with van der Waals surface area (Å²) in [5.74, 6) is 4.37. The maximum Gasteiger partial charge on any atom is -0.0192 e. The van der Waals surface area contributed by atoms with Gasteiger partial charge in [-0.15, -0.1) is 0 Å². The molecule has 0 radical (unpaired) electrons. The SMILES string of the molecule is C1CCCC(=C2C3CC4CC(C3)CC2C4)CC1. The molecule has 0 unspecified atom stereocenters. The quantitative estimate of drug-likeness (QED) is 0.401. The molecule has 0 N–H and O–H groups in total. The van der Waals surface area contributed by atoms with Gasteiger partial charge in [0.05, 0.1) is 0 Å². The highest BCUT2D eigenvalue weighted by atomic mass is 14.5. The van der Waals surface area contributed by atoms with E-state index in [1.807, 2.05) is 11.1 Å². The van der Waals surface area contributed by atoms with Gasteiger partial charge in [0.1, 0.15) is 0 Å². The fourth-order valence-corrected chi connectivity index (χ4v) is 5.71. The molecule has 0 aromatic rings. The van der Waals surface area contributed by atoms with Gasteiger partial charge in [0.15, 0.2) is 0 Å². The van der Waals surface area contributed by atoms with E-state index in [4.69, 9.17) is 0 Å². The van der Waals surface area contributed by atoms with Gasteiger partial charge in [0.25, 0.3) is 0 Å². The lowest BCUT2D eigenvalue weighted by molar-refractivity contribution is 0.0678. The summed E-state index contributed by atoms with van der Waals surface area (Å²) in [5, 5.41) is 0. The maximum absolute atomic E-state index is 2.03. The van der Waals surface area contributed by atoms with Crippen LogP contribution in [0.3, 0.4) is 0 Å². The van der Waals surface area contributed by atoms with Crippen molar-refractivity contribution in [3.8, 4) is 0 Å². The van der Waals surface area contributed by atoms with E-state index < -0.39 is 0 Å². The smallest absolute Gasteiger partial charge is 0.0192 e. The summed E-state index contributed by atoms with van der Waals surface area (Å²) < 4.78 is 0. The Morgan fingerprint density at radius 3 is 1.65 bits per heavy atom. The summed E-state index contributed by atoms with van der Waals surface area (Å²) in [4.78, 5) is 0. The van der Waals surface area contributed by atoms with Gasteiger partial charge in [0.2, 0.25) is 0 Å². The van der Waals surface area contributed by atoms with E-state index in [0.717, 1.165) is 23.7 Å². The van der Waals surface area contributed by atoms with Gasteiger partial charge in [-0.3, -0.25) is 0 Å². The number of hydrogen-bond donors (Lipinski definition) is 0. The van der Waals surface area contributed by atoms with Gasteiger partial charge in [-0.2, -0.15) is 0 Å². The maximum atomic E-state index is 2.03. The van der Waals surface area contributed by atoms with E-state index in [1.54, 1.807) is 32.1 Å². The lowest BCUT2D eigenvalue weighted by atomic mass is 9.53. The normalized spacial score (nSPS) is 45.2. The molecule has 94 valence electrons. The first-order valence-corrected chi connectivity index (χ1v) is 8.12. The number of rotatable bonds is 0. The summed E-state index contributed by atoms with van der Waals surface area (Å²) >= 11 is 0. The fraction of sp³-hybridized carbons (Fsp3) is 0.882. The molecule has 0 amide bonds. The second-order valence-corrected chi connectivity index (χ2v) is 7.28. The van der Waals surface area contributed by atoms with Crippen LogP contribution in [0, 0.1) is 23.7 Å². The Hall–Kier alpha value is -0.260. The molecule has 4 bridgehead atoms. The van der Waals surface area contributed by atoms with Crippen LogP contribution in [0.25, 0.3) is 0 Å². The molecule has 5 aliphatic rings. The van der Waals surface area contributed by atoms with Crippen molar-refractivity contribution in [2.75, 3.05) is 0 Å². The minimum Gasteiger partial charge on any atom is -0.0704 e. The van der Waals surface area contributed by atoms with Crippen molar-refractivity contribution in [1.82, 2.24) is 0 Å². The molecule has 0 spiro atoms. The minimum absolute atomic E-state index is 1.05. The molecule has 0 aliphatic heterocycles. The molecule has 0 atom stereocenters. The molecule has 5 fully saturated rings. The van der Waals surface area contributed by atoms with Crippen molar-refractivity contribution in [3.63, 3.8) is 0 Å². The summed E-state index contributed by atoms with van der Waals surface area (Å²) in [7, 11) is 0. The molecule has 0 aromatic heterocycles. The number of hydrogen-bond acceptors (Lipinski definition) is 0. The topological polar surface area (TPSA) is 0 Å². The second-order valence-electron chi connectivity index (χ2n) is 7.28.